The number of rotatable bonds is 4. The lowest BCUT2D eigenvalue weighted by Crippen LogP contribution is -2.02. The van der Waals surface area contributed by atoms with Gasteiger partial charge < -0.3 is 10.00 Å². The van der Waals surface area contributed by atoms with Gasteiger partial charge in [-0.15, -0.1) is 0 Å². The molecule has 0 rings (SSSR count). The molecule has 0 aliphatic rings. The minimum absolute atomic E-state index is 0.375. The summed E-state index contributed by atoms with van der Waals surface area (Å²) in [4.78, 5) is 29.1. The summed E-state index contributed by atoms with van der Waals surface area (Å²) in [6.45, 7) is 0.900. The fourth-order valence-electron chi connectivity index (χ4n) is 0.421. The molecule has 0 saturated heterocycles. The van der Waals surface area contributed by atoms with E-state index in [1.165, 1.54) is 0 Å². The van der Waals surface area contributed by atoms with E-state index in [9.17, 15) is 14.2 Å². The lowest BCUT2D eigenvalue weighted by Gasteiger charge is -2.00. The van der Waals surface area contributed by atoms with Gasteiger partial charge in [-0.2, -0.15) is 0 Å². The Kier molecular flexibility index (Phi) is 3.42. The highest BCUT2D eigenvalue weighted by molar-refractivity contribution is 7.74. The van der Waals surface area contributed by atoms with Crippen molar-refractivity contribution >= 4 is 18.9 Å². The molecule has 0 aromatic carbocycles. The maximum absolute atomic E-state index is 10.6. The number of carboxylic acid groups (broad SMARTS) is 1. The van der Waals surface area contributed by atoms with Crippen LogP contribution in [0.15, 0.2) is 0 Å². The smallest absolute Gasteiger partial charge is 0.303 e. The van der Waals surface area contributed by atoms with E-state index >= 15 is 0 Å². The van der Waals surface area contributed by atoms with Gasteiger partial charge in [-0.25, -0.2) is 0 Å². The number of carbonyl (C=O) groups is 2. The van der Waals surface area contributed by atoms with Crippen LogP contribution in [-0.4, -0.2) is 28.2 Å². The molecule has 2 N–H and O–H groups in total. The summed E-state index contributed by atoms with van der Waals surface area (Å²) in [7, 11) is -3.72. The Balaban J connectivity index is 3.91. The first-order chi connectivity index (χ1) is 4.84. The first-order valence-corrected chi connectivity index (χ1v) is 5.00. The average molecular weight is 180 g/mol. The fraction of sp³-hybridized carbons (Fsp3) is 0.600. The summed E-state index contributed by atoms with van der Waals surface area (Å²) in [5.74, 6) is -1.15. The summed E-state index contributed by atoms with van der Waals surface area (Å²) < 4.78 is 10.5. The SMILES string of the molecule is CP(=O)(O)C(=O)CCC(=O)O. The van der Waals surface area contributed by atoms with Crippen LogP contribution in [0.25, 0.3) is 0 Å². The molecular formula is C5H9O5P. The van der Waals surface area contributed by atoms with Crippen LogP contribution in [0, 0.1) is 0 Å². The van der Waals surface area contributed by atoms with Gasteiger partial charge in [-0.1, -0.05) is 0 Å². The average Bonchev–Trinajstić information content (AvgIpc) is 1.80. The first kappa shape index (κ1) is 10.3. The second-order valence-corrected chi connectivity index (χ2v) is 4.42. The highest BCUT2D eigenvalue weighted by Gasteiger charge is 2.21. The zero-order valence-electron chi connectivity index (χ0n) is 5.98. The largest absolute Gasteiger partial charge is 0.481 e. The molecule has 5 nitrogen and oxygen atoms in total. The molecule has 0 amide bonds. The first-order valence-electron chi connectivity index (χ1n) is 2.89. The van der Waals surface area contributed by atoms with Gasteiger partial charge in [0.1, 0.15) is 0 Å². The van der Waals surface area contributed by atoms with E-state index < -0.39 is 25.3 Å². The predicted octanol–water partition coefficient (Wildman–Crippen LogP) is 0.278. The Bertz CT molecular complexity index is 215. The van der Waals surface area contributed by atoms with E-state index in [2.05, 4.69) is 0 Å². The minimum Gasteiger partial charge on any atom is -0.481 e. The van der Waals surface area contributed by atoms with Crippen molar-refractivity contribution in [3.8, 4) is 0 Å². The molecule has 0 spiro atoms. The van der Waals surface area contributed by atoms with Gasteiger partial charge in [0.25, 0.3) is 7.37 Å². The maximum Gasteiger partial charge on any atom is 0.303 e. The summed E-state index contributed by atoms with van der Waals surface area (Å²) in [5, 5.41) is 8.10. The van der Waals surface area contributed by atoms with Crippen molar-refractivity contribution in [3.05, 3.63) is 0 Å². The Labute approximate surface area is 63.5 Å². The molecule has 1 atom stereocenters. The van der Waals surface area contributed by atoms with E-state index in [0.29, 0.717) is 0 Å². The van der Waals surface area contributed by atoms with Gasteiger partial charge in [0, 0.05) is 13.1 Å². The van der Waals surface area contributed by atoms with Crippen LogP contribution < -0.4 is 0 Å². The number of carboxylic acids is 1. The second kappa shape index (κ2) is 3.64. The molecule has 6 heteroatoms. The second-order valence-electron chi connectivity index (χ2n) is 2.17. The van der Waals surface area contributed by atoms with Crippen molar-refractivity contribution in [3.63, 3.8) is 0 Å². The lowest BCUT2D eigenvalue weighted by atomic mass is 10.3. The lowest BCUT2D eigenvalue weighted by molar-refractivity contribution is -0.138. The topological polar surface area (TPSA) is 91.7 Å². The van der Waals surface area contributed by atoms with Gasteiger partial charge in [-0.05, 0) is 0 Å². The van der Waals surface area contributed by atoms with Gasteiger partial charge in [0.05, 0.1) is 6.42 Å². The molecule has 0 aliphatic carbocycles. The summed E-state index contributed by atoms with van der Waals surface area (Å²) in [6, 6.07) is 0. The zero-order valence-corrected chi connectivity index (χ0v) is 6.88. The van der Waals surface area contributed by atoms with Crippen LogP contribution in [0.5, 0.6) is 0 Å². The van der Waals surface area contributed by atoms with Gasteiger partial charge in [-0.3, -0.25) is 14.2 Å². The fourth-order valence-corrected chi connectivity index (χ4v) is 0.948. The van der Waals surface area contributed by atoms with Gasteiger partial charge in [0.2, 0.25) is 5.52 Å². The molecule has 64 valence electrons. The van der Waals surface area contributed by atoms with Crippen LogP contribution in [-0.2, 0) is 14.2 Å². The van der Waals surface area contributed by atoms with Crippen LogP contribution >= 0.6 is 7.37 Å². The Morgan fingerprint density at radius 3 is 2.09 bits per heavy atom. The Morgan fingerprint density at radius 1 is 1.36 bits per heavy atom. The third-order valence-electron chi connectivity index (χ3n) is 1.02. The molecular weight excluding hydrogens is 171 g/mol. The van der Waals surface area contributed by atoms with E-state index in [1.807, 2.05) is 0 Å². The summed E-state index contributed by atoms with van der Waals surface area (Å²) in [5.41, 5.74) is -0.889. The highest BCUT2D eigenvalue weighted by Crippen LogP contribution is 2.37. The standard InChI is InChI=1S/C5H9O5P/c1-11(9,10)5(8)3-2-4(6)7/h2-3H2,1H3,(H,6,7)(H,9,10). The zero-order chi connectivity index (χ0) is 9.07. The number of carbonyl (C=O) groups excluding carboxylic acids is 1. The van der Waals surface area contributed by atoms with Crippen molar-refractivity contribution in [2.24, 2.45) is 0 Å². The molecule has 0 fully saturated rings. The Hall–Kier alpha value is -0.670. The molecule has 0 aromatic heterocycles. The van der Waals surface area contributed by atoms with Gasteiger partial charge in [0.15, 0.2) is 0 Å². The van der Waals surface area contributed by atoms with Gasteiger partial charge >= 0.3 is 5.97 Å². The van der Waals surface area contributed by atoms with Crippen LogP contribution in [0.2, 0.25) is 0 Å². The molecule has 11 heavy (non-hydrogen) atoms. The van der Waals surface area contributed by atoms with Crippen LogP contribution in [0.4, 0.5) is 0 Å². The summed E-state index contributed by atoms with van der Waals surface area (Å²) in [6.07, 6.45) is -0.767. The Morgan fingerprint density at radius 2 is 1.82 bits per heavy atom. The third-order valence-corrected chi connectivity index (χ3v) is 2.16. The van der Waals surface area contributed by atoms with E-state index in [1.54, 1.807) is 0 Å². The number of hydrogen-bond donors (Lipinski definition) is 2. The van der Waals surface area contributed by atoms with E-state index in [0.717, 1.165) is 6.66 Å². The molecule has 0 bridgehead atoms. The highest BCUT2D eigenvalue weighted by atomic mass is 31.2. The van der Waals surface area contributed by atoms with Crippen LogP contribution in [0.1, 0.15) is 12.8 Å². The number of aliphatic carboxylic acids is 1. The van der Waals surface area contributed by atoms with Crippen molar-refractivity contribution in [2.75, 3.05) is 6.66 Å². The van der Waals surface area contributed by atoms with Crippen LogP contribution in [0.3, 0.4) is 0 Å². The molecule has 0 saturated carbocycles. The van der Waals surface area contributed by atoms with Crippen molar-refractivity contribution < 1.29 is 24.2 Å². The van der Waals surface area contributed by atoms with Crippen molar-refractivity contribution in [2.45, 2.75) is 12.8 Å². The predicted molar refractivity (Wildman–Crippen MR) is 37.6 cm³/mol. The minimum atomic E-state index is -3.72. The molecule has 0 heterocycles. The maximum atomic E-state index is 10.6. The van der Waals surface area contributed by atoms with E-state index in [-0.39, 0.29) is 6.42 Å². The van der Waals surface area contributed by atoms with Crippen molar-refractivity contribution in [1.82, 2.24) is 0 Å². The molecule has 1 unspecified atom stereocenters. The summed E-state index contributed by atoms with van der Waals surface area (Å²) >= 11 is 0. The van der Waals surface area contributed by atoms with E-state index in [4.69, 9.17) is 10.00 Å². The normalized spacial score (nSPS) is 15.5. The van der Waals surface area contributed by atoms with Crippen molar-refractivity contribution in [1.29, 1.82) is 0 Å². The molecule has 0 radical (unpaired) electrons. The third kappa shape index (κ3) is 4.70. The molecule has 0 aromatic rings. The quantitative estimate of drug-likeness (QED) is 0.606. The number of hydrogen-bond acceptors (Lipinski definition) is 3. The molecule has 0 aliphatic heterocycles. The monoisotopic (exact) mass is 180 g/mol.